The van der Waals surface area contributed by atoms with Crippen LogP contribution in [0, 0.1) is 0 Å². The van der Waals surface area contributed by atoms with Gasteiger partial charge < -0.3 is 15.4 Å². The van der Waals surface area contributed by atoms with Crippen LogP contribution in [0.3, 0.4) is 0 Å². The molecule has 4 nitrogen and oxygen atoms in total. The average molecular weight is 294 g/mol. The van der Waals surface area contributed by atoms with Crippen LogP contribution in [0.4, 0.5) is 11.4 Å². The van der Waals surface area contributed by atoms with Crippen LogP contribution in [-0.2, 0) is 4.74 Å². The molecule has 1 aliphatic heterocycles. The van der Waals surface area contributed by atoms with Crippen molar-refractivity contribution >= 4 is 29.1 Å². The minimum atomic E-state index is -0.348. The highest BCUT2D eigenvalue weighted by molar-refractivity contribution is 8.00. The molecular formula is C15H22N2O2S. The van der Waals surface area contributed by atoms with Crippen molar-refractivity contribution in [1.29, 1.82) is 0 Å². The first-order valence-corrected chi connectivity index (χ1v) is 8.04. The first-order chi connectivity index (χ1) is 9.54. The van der Waals surface area contributed by atoms with E-state index in [2.05, 4.69) is 18.7 Å². The van der Waals surface area contributed by atoms with Crippen LogP contribution in [0.5, 0.6) is 0 Å². The normalized spacial score (nSPS) is 22.6. The van der Waals surface area contributed by atoms with Gasteiger partial charge >= 0.3 is 5.97 Å². The van der Waals surface area contributed by atoms with E-state index in [4.69, 9.17) is 10.5 Å². The zero-order chi connectivity index (χ0) is 14.7. The minimum Gasteiger partial charge on any atom is -0.462 e. The molecule has 5 heteroatoms. The van der Waals surface area contributed by atoms with E-state index in [0.717, 1.165) is 18.0 Å². The third kappa shape index (κ3) is 3.03. The monoisotopic (exact) mass is 294 g/mol. The number of rotatable bonds is 3. The Morgan fingerprint density at radius 1 is 1.50 bits per heavy atom. The first-order valence-electron chi connectivity index (χ1n) is 6.99. The summed E-state index contributed by atoms with van der Waals surface area (Å²) in [6.07, 6.45) is 0. The summed E-state index contributed by atoms with van der Waals surface area (Å²) in [5, 5.41) is 0.576. The second-order valence-electron chi connectivity index (χ2n) is 5.00. The molecule has 1 aromatic rings. The summed E-state index contributed by atoms with van der Waals surface area (Å²) in [6, 6.07) is 6.07. The van der Waals surface area contributed by atoms with E-state index >= 15 is 0 Å². The third-order valence-electron chi connectivity index (χ3n) is 3.75. The molecule has 1 heterocycles. The number of hydrogen-bond acceptors (Lipinski definition) is 5. The summed E-state index contributed by atoms with van der Waals surface area (Å²) >= 11 is 1.99. The Hall–Kier alpha value is -1.36. The molecule has 2 atom stereocenters. The van der Waals surface area contributed by atoms with E-state index in [1.165, 1.54) is 0 Å². The van der Waals surface area contributed by atoms with Crippen molar-refractivity contribution in [2.24, 2.45) is 0 Å². The lowest BCUT2D eigenvalue weighted by atomic mass is 10.1. The molecule has 0 saturated carbocycles. The molecule has 1 aromatic carbocycles. The molecule has 0 spiro atoms. The standard InChI is InChI=1S/C15H22N2O2S/c1-4-19-15(18)13-9-12(5-6-14(13)16)17-7-8-20-11(3)10(17)2/h5-6,9-11H,4,7-8,16H2,1-3H3. The summed E-state index contributed by atoms with van der Waals surface area (Å²) in [4.78, 5) is 14.3. The molecule has 2 rings (SSSR count). The molecule has 110 valence electrons. The van der Waals surface area contributed by atoms with E-state index in [-0.39, 0.29) is 5.97 Å². The van der Waals surface area contributed by atoms with Gasteiger partial charge in [-0.1, -0.05) is 6.92 Å². The van der Waals surface area contributed by atoms with Crippen molar-refractivity contribution in [1.82, 2.24) is 0 Å². The van der Waals surface area contributed by atoms with Crippen LogP contribution in [-0.4, -0.2) is 36.2 Å². The predicted octanol–water partition coefficient (Wildman–Crippen LogP) is 2.78. The Morgan fingerprint density at radius 2 is 2.25 bits per heavy atom. The lowest BCUT2D eigenvalue weighted by Crippen LogP contribution is -2.44. The van der Waals surface area contributed by atoms with Crippen LogP contribution in [0.1, 0.15) is 31.1 Å². The minimum absolute atomic E-state index is 0.348. The number of carbonyl (C=O) groups excluding carboxylic acids is 1. The van der Waals surface area contributed by atoms with Crippen molar-refractivity contribution in [2.75, 3.05) is 29.5 Å². The van der Waals surface area contributed by atoms with Gasteiger partial charge in [-0.2, -0.15) is 11.8 Å². The van der Waals surface area contributed by atoms with Gasteiger partial charge in [-0.3, -0.25) is 0 Å². The molecule has 1 aliphatic rings. The Bertz CT molecular complexity index is 493. The van der Waals surface area contributed by atoms with Gasteiger partial charge in [0.05, 0.1) is 12.2 Å². The second-order valence-corrected chi connectivity index (χ2v) is 6.49. The molecule has 0 aromatic heterocycles. The van der Waals surface area contributed by atoms with Crippen molar-refractivity contribution < 1.29 is 9.53 Å². The smallest absolute Gasteiger partial charge is 0.340 e. The number of esters is 1. The summed E-state index contributed by atoms with van der Waals surface area (Å²) < 4.78 is 5.06. The maximum Gasteiger partial charge on any atom is 0.340 e. The zero-order valence-electron chi connectivity index (χ0n) is 12.3. The van der Waals surface area contributed by atoms with Crippen molar-refractivity contribution in [3.8, 4) is 0 Å². The van der Waals surface area contributed by atoms with Crippen molar-refractivity contribution in [3.05, 3.63) is 23.8 Å². The molecule has 0 aliphatic carbocycles. The fraction of sp³-hybridized carbons (Fsp3) is 0.533. The van der Waals surface area contributed by atoms with Crippen molar-refractivity contribution in [2.45, 2.75) is 32.1 Å². The fourth-order valence-electron chi connectivity index (χ4n) is 2.41. The number of hydrogen-bond donors (Lipinski definition) is 1. The Labute approximate surface area is 124 Å². The quantitative estimate of drug-likeness (QED) is 0.686. The van der Waals surface area contributed by atoms with Gasteiger partial charge in [0.1, 0.15) is 0 Å². The summed E-state index contributed by atoms with van der Waals surface area (Å²) in [5.41, 5.74) is 7.86. The van der Waals surface area contributed by atoms with Gasteiger partial charge in [0.15, 0.2) is 0 Å². The number of nitrogens with zero attached hydrogens (tertiary/aromatic N) is 1. The number of ether oxygens (including phenoxy) is 1. The molecule has 0 radical (unpaired) electrons. The molecule has 2 unspecified atom stereocenters. The molecule has 1 fully saturated rings. The molecule has 0 bridgehead atoms. The summed E-state index contributed by atoms with van der Waals surface area (Å²) in [7, 11) is 0. The average Bonchev–Trinajstić information content (AvgIpc) is 2.43. The molecular weight excluding hydrogens is 272 g/mol. The van der Waals surface area contributed by atoms with Gasteiger partial charge in [-0.25, -0.2) is 4.79 Å². The zero-order valence-corrected chi connectivity index (χ0v) is 13.1. The number of anilines is 2. The van der Waals surface area contributed by atoms with E-state index in [9.17, 15) is 4.79 Å². The van der Waals surface area contributed by atoms with E-state index in [1.54, 1.807) is 13.0 Å². The maximum absolute atomic E-state index is 11.9. The van der Waals surface area contributed by atoms with E-state index in [0.29, 0.717) is 29.1 Å². The third-order valence-corrected chi connectivity index (χ3v) is 5.09. The number of nitrogens with two attached hydrogens (primary N) is 1. The number of thioether (sulfide) groups is 1. The maximum atomic E-state index is 11.9. The molecule has 2 N–H and O–H groups in total. The molecule has 0 amide bonds. The Morgan fingerprint density at radius 3 is 2.95 bits per heavy atom. The lowest BCUT2D eigenvalue weighted by Gasteiger charge is -2.39. The SMILES string of the molecule is CCOC(=O)c1cc(N2CCSC(C)C2C)ccc1N. The van der Waals surface area contributed by atoms with Crippen LogP contribution in [0.25, 0.3) is 0 Å². The Kier molecular flexibility index (Phi) is 4.81. The fourth-order valence-corrected chi connectivity index (χ4v) is 3.51. The second kappa shape index (κ2) is 6.39. The lowest BCUT2D eigenvalue weighted by molar-refractivity contribution is 0.0527. The van der Waals surface area contributed by atoms with E-state index in [1.807, 2.05) is 23.9 Å². The summed E-state index contributed by atoms with van der Waals surface area (Å²) in [5.74, 6) is 0.754. The number of benzene rings is 1. The predicted molar refractivity (Wildman–Crippen MR) is 85.5 cm³/mol. The van der Waals surface area contributed by atoms with Gasteiger partial charge in [0.25, 0.3) is 0 Å². The Balaban J connectivity index is 2.28. The highest BCUT2D eigenvalue weighted by Crippen LogP contribution is 2.30. The highest BCUT2D eigenvalue weighted by atomic mass is 32.2. The number of carbonyl (C=O) groups is 1. The van der Waals surface area contributed by atoms with Crippen molar-refractivity contribution in [3.63, 3.8) is 0 Å². The first kappa shape index (κ1) is 15.0. The summed E-state index contributed by atoms with van der Waals surface area (Å²) in [6.45, 7) is 7.60. The molecule has 1 saturated heterocycles. The van der Waals surface area contributed by atoms with Crippen LogP contribution >= 0.6 is 11.8 Å². The van der Waals surface area contributed by atoms with Gasteiger partial charge in [-0.05, 0) is 32.0 Å². The van der Waals surface area contributed by atoms with Gasteiger partial charge in [0, 0.05) is 35.0 Å². The highest BCUT2D eigenvalue weighted by Gasteiger charge is 2.26. The topological polar surface area (TPSA) is 55.6 Å². The van der Waals surface area contributed by atoms with Gasteiger partial charge in [0.2, 0.25) is 0 Å². The largest absolute Gasteiger partial charge is 0.462 e. The molecule has 20 heavy (non-hydrogen) atoms. The van der Waals surface area contributed by atoms with Crippen LogP contribution in [0.15, 0.2) is 18.2 Å². The van der Waals surface area contributed by atoms with Crippen LogP contribution in [0.2, 0.25) is 0 Å². The van der Waals surface area contributed by atoms with Crippen LogP contribution < -0.4 is 10.6 Å². The van der Waals surface area contributed by atoms with Gasteiger partial charge in [-0.15, -0.1) is 0 Å². The van der Waals surface area contributed by atoms with E-state index < -0.39 is 0 Å². The number of nitrogen functional groups attached to an aromatic ring is 1.